The van der Waals surface area contributed by atoms with Crippen LogP contribution in [0.25, 0.3) is 10.4 Å². The van der Waals surface area contributed by atoms with E-state index in [1.165, 1.54) is 31.2 Å². The summed E-state index contributed by atoms with van der Waals surface area (Å²) in [6.45, 7) is 1.31. The van der Waals surface area contributed by atoms with Gasteiger partial charge in [0.2, 0.25) is 0 Å². The van der Waals surface area contributed by atoms with Crippen LogP contribution in [-0.2, 0) is 4.74 Å². The predicted molar refractivity (Wildman–Crippen MR) is 78.5 cm³/mol. The van der Waals surface area contributed by atoms with Gasteiger partial charge in [-0.1, -0.05) is 35.4 Å². The van der Waals surface area contributed by atoms with Gasteiger partial charge < -0.3 is 4.74 Å². The van der Waals surface area contributed by atoms with Crippen molar-refractivity contribution in [3.8, 4) is 0 Å². The molecule has 4 nitrogen and oxygen atoms in total. The molecule has 0 amide bonds. The third-order valence-corrected chi connectivity index (χ3v) is 5.17. The van der Waals surface area contributed by atoms with Crippen LogP contribution in [-0.4, -0.2) is 19.3 Å². The van der Waals surface area contributed by atoms with Crippen LogP contribution in [0, 0.1) is 5.41 Å². The van der Waals surface area contributed by atoms with Crippen molar-refractivity contribution in [2.45, 2.75) is 44.1 Å². The summed E-state index contributed by atoms with van der Waals surface area (Å²) in [5.41, 5.74) is 10.2. The van der Waals surface area contributed by atoms with E-state index >= 15 is 0 Å². The molecule has 1 aromatic rings. The van der Waals surface area contributed by atoms with Gasteiger partial charge in [0.1, 0.15) is 0 Å². The van der Waals surface area contributed by atoms with Crippen molar-refractivity contribution >= 4 is 0 Å². The van der Waals surface area contributed by atoms with Crippen LogP contribution < -0.4 is 0 Å². The van der Waals surface area contributed by atoms with Crippen molar-refractivity contribution in [2.75, 3.05) is 13.2 Å². The molecule has 0 bridgehead atoms. The lowest BCUT2D eigenvalue weighted by Crippen LogP contribution is -2.36. The van der Waals surface area contributed by atoms with Gasteiger partial charge in [-0.25, -0.2) is 0 Å². The minimum atomic E-state index is 0.134. The molecule has 106 valence electrons. The molecule has 4 heteroatoms. The van der Waals surface area contributed by atoms with Gasteiger partial charge in [-0.2, -0.15) is 0 Å². The molecule has 1 saturated carbocycles. The molecule has 1 aliphatic heterocycles. The Labute approximate surface area is 119 Å². The minimum Gasteiger partial charge on any atom is -0.377 e. The molecule has 2 aliphatic rings. The van der Waals surface area contributed by atoms with Crippen LogP contribution in [0.4, 0.5) is 0 Å². The molecule has 1 saturated heterocycles. The standard InChI is InChI=1S/C16H21N3O/c17-19-18-12-15-16(10-11-20-15)8-6-14(7-9-16)13-4-2-1-3-5-13/h1-5,14-15H,6-12H2. The van der Waals surface area contributed by atoms with Gasteiger partial charge >= 0.3 is 0 Å². The fourth-order valence-corrected chi connectivity index (χ4v) is 3.92. The molecule has 0 radical (unpaired) electrons. The molecule has 1 heterocycles. The maximum Gasteiger partial charge on any atom is 0.0688 e. The highest BCUT2D eigenvalue weighted by Gasteiger charge is 2.45. The van der Waals surface area contributed by atoms with Crippen LogP contribution in [0.3, 0.4) is 0 Å². The van der Waals surface area contributed by atoms with E-state index in [4.69, 9.17) is 10.3 Å². The quantitative estimate of drug-likeness (QED) is 0.456. The van der Waals surface area contributed by atoms with Crippen molar-refractivity contribution in [2.24, 2.45) is 10.5 Å². The van der Waals surface area contributed by atoms with Crippen molar-refractivity contribution < 1.29 is 4.74 Å². The highest BCUT2D eigenvalue weighted by Crippen LogP contribution is 2.50. The van der Waals surface area contributed by atoms with Crippen LogP contribution >= 0.6 is 0 Å². The zero-order valence-corrected chi connectivity index (χ0v) is 11.7. The average molecular weight is 271 g/mol. The second-order valence-electron chi connectivity index (χ2n) is 6.07. The second kappa shape index (κ2) is 5.86. The average Bonchev–Trinajstić information content (AvgIpc) is 2.89. The first kappa shape index (κ1) is 13.5. The maximum absolute atomic E-state index is 8.51. The highest BCUT2D eigenvalue weighted by molar-refractivity contribution is 5.20. The van der Waals surface area contributed by atoms with Crippen LogP contribution in [0.2, 0.25) is 0 Å². The van der Waals surface area contributed by atoms with E-state index < -0.39 is 0 Å². The molecule has 2 fully saturated rings. The fraction of sp³-hybridized carbons (Fsp3) is 0.625. The minimum absolute atomic E-state index is 0.134. The first-order valence-electron chi connectivity index (χ1n) is 7.51. The molecule has 3 rings (SSSR count). The number of azide groups is 1. The Morgan fingerprint density at radius 1 is 1.20 bits per heavy atom. The Kier molecular flexibility index (Phi) is 3.95. The van der Waals surface area contributed by atoms with Crippen molar-refractivity contribution in [1.82, 2.24) is 0 Å². The van der Waals surface area contributed by atoms with E-state index in [9.17, 15) is 0 Å². The largest absolute Gasteiger partial charge is 0.377 e. The van der Waals surface area contributed by atoms with E-state index in [1.807, 2.05) is 0 Å². The molecule has 1 aliphatic carbocycles. The van der Waals surface area contributed by atoms with Crippen molar-refractivity contribution in [3.63, 3.8) is 0 Å². The summed E-state index contributed by atoms with van der Waals surface area (Å²) in [5, 5.41) is 3.74. The maximum atomic E-state index is 8.51. The van der Waals surface area contributed by atoms with Gasteiger partial charge in [0.05, 0.1) is 12.6 Å². The van der Waals surface area contributed by atoms with Crippen molar-refractivity contribution in [3.05, 3.63) is 46.3 Å². The van der Waals surface area contributed by atoms with E-state index in [0.29, 0.717) is 12.5 Å². The molecular weight excluding hydrogens is 250 g/mol. The van der Waals surface area contributed by atoms with Gasteiger partial charge in [-0.3, -0.25) is 0 Å². The Hall–Kier alpha value is -1.51. The van der Waals surface area contributed by atoms with E-state index in [0.717, 1.165) is 13.0 Å². The lowest BCUT2D eigenvalue weighted by molar-refractivity contribution is 0.0315. The van der Waals surface area contributed by atoms with Gasteiger partial charge in [0, 0.05) is 11.5 Å². The normalized spacial score (nSPS) is 33.0. The number of rotatable bonds is 3. The molecule has 20 heavy (non-hydrogen) atoms. The van der Waals surface area contributed by atoms with Gasteiger partial charge in [-0.05, 0) is 54.5 Å². The number of hydrogen-bond acceptors (Lipinski definition) is 2. The molecule has 0 N–H and O–H groups in total. The Morgan fingerprint density at radius 3 is 2.65 bits per heavy atom. The highest BCUT2D eigenvalue weighted by atomic mass is 16.5. The smallest absolute Gasteiger partial charge is 0.0688 e. The molecule has 1 atom stereocenters. The molecule has 0 aromatic heterocycles. The van der Waals surface area contributed by atoms with E-state index in [-0.39, 0.29) is 11.5 Å². The fourth-order valence-electron chi connectivity index (χ4n) is 3.92. The Bertz CT molecular complexity index is 488. The summed E-state index contributed by atoms with van der Waals surface area (Å²) >= 11 is 0. The molecule has 1 spiro atoms. The third-order valence-electron chi connectivity index (χ3n) is 5.17. The van der Waals surface area contributed by atoms with Gasteiger partial charge in [0.15, 0.2) is 0 Å². The summed E-state index contributed by atoms with van der Waals surface area (Å²) in [6, 6.07) is 10.8. The van der Waals surface area contributed by atoms with Crippen LogP contribution in [0.15, 0.2) is 35.4 Å². The molecular formula is C16H21N3O. The topological polar surface area (TPSA) is 58.0 Å². The summed E-state index contributed by atoms with van der Waals surface area (Å²) in [7, 11) is 0. The number of ether oxygens (including phenoxy) is 1. The summed E-state index contributed by atoms with van der Waals surface area (Å²) in [6.07, 6.45) is 6.09. The zero-order chi connectivity index (χ0) is 13.8. The predicted octanol–water partition coefficient (Wildman–Crippen LogP) is 4.43. The number of benzene rings is 1. The Balaban J connectivity index is 1.66. The lowest BCUT2D eigenvalue weighted by atomic mass is 9.65. The van der Waals surface area contributed by atoms with Crippen LogP contribution in [0.1, 0.15) is 43.6 Å². The monoisotopic (exact) mass is 271 g/mol. The van der Waals surface area contributed by atoms with E-state index in [2.05, 4.69) is 40.4 Å². The zero-order valence-electron chi connectivity index (χ0n) is 11.7. The molecule has 1 aromatic carbocycles. The summed E-state index contributed by atoms with van der Waals surface area (Å²) < 4.78 is 5.82. The SMILES string of the molecule is [N-]=[N+]=NCC1OCCC12CCC(c1ccccc1)CC2. The first-order valence-corrected chi connectivity index (χ1v) is 7.51. The summed E-state index contributed by atoms with van der Waals surface area (Å²) in [5.74, 6) is 0.683. The van der Waals surface area contributed by atoms with Crippen LogP contribution in [0.5, 0.6) is 0 Å². The van der Waals surface area contributed by atoms with Crippen molar-refractivity contribution in [1.29, 1.82) is 0 Å². The first-order chi connectivity index (χ1) is 9.84. The third kappa shape index (κ3) is 2.54. The lowest BCUT2D eigenvalue weighted by Gasteiger charge is -2.40. The summed E-state index contributed by atoms with van der Waals surface area (Å²) in [4.78, 5) is 2.88. The number of hydrogen-bond donors (Lipinski definition) is 0. The second-order valence-corrected chi connectivity index (χ2v) is 6.07. The van der Waals surface area contributed by atoms with E-state index in [1.54, 1.807) is 0 Å². The van der Waals surface area contributed by atoms with Gasteiger partial charge in [0.25, 0.3) is 0 Å². The van der Waals surface area contributed by atoms with Gasteiger partial charge in [-0.15, -0.1) is 0 Å². The Morgan fingerprint density at radius 2 is 1.95 bits per heavy atom. The number of nitrogens with zero attached hydrogens (tertiary/aromatic N) is 3. The molecule has 1 unspecified atom stereocenters.